The Morgan fingerprint density at radius 1 is 1.26 bits per heavy atom. The van der Waals surface area contributed by atoms with Crippen LogP contribution in [0.2, 0.25) is 5.02 Å². The number of pyridine rings is 1. The van der Waals surface area contributed by atoms with Crippen LogP contribution in [0.3, 0.4) is 0 Å². The SMILES string of the molecule is O=C1N[C@H](c2cccc(Cl)c2)[C@@H](C(=O)c2cccnc2)[C@](O)(C(F)(F)F)N1. The summed E-state index contributed by atoms with van der Waals surface area (Å²) in [6.45, 7) is 0. The van der Waals surface area contributed by atoms with E-state index in [0.29, 0.717) is 0 Å². The molecule has 2 amide bonds. The highest BCUT2D eigenvalue weighted by atomic mass is 35.5. The number of halogens is 4. The van der Waals surface area contributed by atoms with Gasteiger partial charge in [-0.25, -0.2) is 4.79 Å². The largest absolute Gasteiger partial charge is 0.437 e. The van der Waals surface area contributed by atoms with Crippen LogP contribution in [-0.2, 0) is 0 Å². The van der Waals surface area contributed by atoms with Crippen molar-refractivity contribution in [3.63, 3.8) is 0 Å². The summed E-state index contributed by atoms with van der Waals surface area (Å²) in [6.07, 6.45) is -2.88. The Bertz CT molecular complexity index is 878. The minimum absolute atomic E-state index is 0.141. The molecule has 0 radical (unpaired) electrons. The number of aromatic nitrogens is 1. The Kier molecular flexibility index (Phi) is 4.83. The Balaban J connectivity index is 2.17. The van der Waals surface area contributed by atoms with Crippen molar-refractivity contribution in [3.8, 4) is 0 Å². The predicted molar refractivity (Wildman–Crippen MR) is 88.9 cm³/mol. The van der Waals surface area contributed by atoms with E-state index in [1.807, 2.05) is 0 Å². The quantitative estimate of drug-likeness (QED) is 0.692. The molecule has 3 atom stereocenters. The summed E-state index contributed by atoms with van der Waals surface area (Å²) in [5.41, 5.74) is -3.78. The lowest BCUT2D eigenvalue weighted by Gasteiger charge is -2.45. The van der Waals surface area contributed by atoms with Gasteiger partial charge < -0.3 is 15.7 Å². The summed E-state index contributed by atoms with van der Waals surface area (Å²) < 4.78 is 41.1. The van der Waals surface area contributed by atoms with Gasteiger partial charge in [0.05, 0.1) is 6.04 Å². The molecule has 6 nitrogen and oxygen atoms in total. The smallest absolute Gasteiger partial charge is 0.363 e. The number of aliphatic hydroxyl groups is 1. The lowest BCUT2D eigenvalue weighted by atomic mass is 9.77. The third-order valence-corrected chi connectivity index (χ3v) is 4.48. The number of rotatable bonds is 3. The van der Waals surface area contributed by atoms with Gasteiger partial charge in [0.25, 0.3) is 0 Å². The molecule has 1 aliphatic heterocycles. The fourth-order valence-electron chi connectivity index (χ4n) is 3.00. The lowest BCUT2D eigenvalue weighted by Crippen LogP contribution is -2.72. The molecule has 1 fully saturated rings. The van der Waals surface area contributed by atoms with Gasteiger partial charge in [-0.1, -0.05) is 23.7 Å². The number of Topliss-reactive ketones (excluding diaryl/α,β-unsaturated/α-hetero) is 1. The van der Waals surface area contributed by atoms with Crippen LogP contribution in [0.5, 0.6) is 0 Å². The maximum absolute atomic E-state index is 13.7. The van der Waals surface area contributed by atoms with Crippen molar-refractivity contribution >= 4 is 23.4 Å². The van der Waals surface area contributed by atoms with Crippen LogP contribution in [-0.4, -0.2) is 33.8 Å². The third kappa shape index (κ3) is 3.47. The zero-order valence-corrected chi connectivity index (χ0v) is 14.3. The molecular weight excluding hydrogens is 387 g/mol. The van der Waals surface area contributed by atoms with Gasteiger partial charge in [0.15, 0.2) is 5.78 Å². The van der Waals surface area contributed by atoms with E-state index < -0.39 is 35.7 Å². The molecule has 1 aliphatic rings. The number of carbonyl (C=O) groups is 2. The fourth-order valence-corrected chi connectivity index (χ4v) is 3.20. The van der Waals surface area contributed by atoms with Crippen molar-refractivity contribution in [1.82, 2.24) is 15.6 Å². The number of carbonyl (C=O) groups excluding carboxylic acids is 2. The summed E-state index contributed by atoms with van der Waals surface area (Å²) in [4.78, 5) is 28.5. The van der Waals surface area contributed by atoms with Gasteiger partial charge in [-0.2, -0.15) is 13.2 Å². The molecule has 1 saturated heterocycles. The van der Waals surface area contributed by atoms with E-state index in [1.54, 1.807) is 0 Å². The first-order valence-electron chi connectivity index (χ1n) is 7.71. The number of nitrogens with zero attached hydrogens (tertiary/aromatic N) is 1. The van der Waals surface area contributed by atoms with Crippen LogP contribution < -0.4 is 10.6 Å². The van der Waals surface area contributed by atoms with E-state index in [9.17, 15) is 27.9 Å². The third-order valence-electron chi connectivity index (χ3n) is 4.24. The van der Waals surface area contributed by atoms with Crippen molar-refractivity contribution in [2.75, 3.05) is 0 Å². The van der Waals surface area contributed by atoms with Crippen molar-refractivity contribution < 1.29 is 27.9 Å². The van der Waals surface area contributed by atoms with Gasteiger partial charge in [-0.3, -0.25) is 9.78 Å². The van der Waals surface area contributed by atoms with Crippen LogP contribution in [0.25, 0.3) is 0 Å². The molecule has 3 rings (SSSR count). The molecule has 1 aromatic heterocycles. The number of urea groups is 1. The van der Waals surface area contributed by atoms with Gasteiger partial charge >= 0.3 is 12.2 Å². The Morgan fingerprint density at radius 2 is 2.00 bits per heavy atom. The van der Waals surface area contributed by atoms with Gasteiger partial charge in [-0.05, 0) is 29.8 Å². The number of alkyl halides is 3. The number of amides is 2. The van der Waals surface area contributed by atoms with Gasteiger partial charge in [0.1, 0.15) is 5.92 Å². The van der Waals surface area contributed by atoms with Crippen LogP contribution in [0.4, 0.5) is 18.0 Å². The summed E-state index contributed by atoms with van der Waals surface area (Å²) in [5, 5.41) is 14.3. The monoisotopic (exact) mass is 399 g/mol. The molecule has 0 bridgehead atoms. The Morgan fingerprint density at radius 3 is 2.59 bits per heavy atom. The molecule has 142 valence electrons. The second-order valence-electron chi connectivity index (χ2n) is 5.98. The van der Waals surface area contributed by atoms with Crippen LogP contribution >= 0.6 is 11.6 Å². The van der Waals surface area contributed by atoms with E-state index in [0.717, 1.165) is 6.20 Å². The standard InChI is InChI=1S/C17H13ClF3N3O3/c18-11-5-1-3-9(7-11)13-12(14(25)10-4-2-6-22-8-10)16(27,17(19,20)21)24-15(26)23-13/h1-8,12-13,27H,(H2,23,24,26)/t12-,13+,16-/m0/s1. The number of benzene rings is 1. The highest BCUT2D eigenvalue weighted by molar-refractivity contribution is 6.30. The molecule has 1 aromatic carbocycles. The molecule has 0 spiro atoms. The van der Waals surface area contributed by atoms with E-state index in [4.69, 9.17) is 11.6 Å². The Hall–Kier alpha value is -2.65. The number of hydrogen-bond donors (Lipinski definition) is 3. The summed E-state index contributed by atoms with van der Waals surface area (Å²) >= 11 is 5.90. The van der Waals surface area contributed by atoms with Crippen LogP contribution in [0.15, 0.2) is 48.8 Å². The number of hydrogen-bond acceptors (Lipinski definition) is 4. The first kappa shape index (κ1) is 19.1. The number of nitrogens with one attached hydrogen (secondary N) is 2. The van der Waals surface area contributed by atoms with Gasteiger partial charge in [0, 0.05) is 23.0 Å². The van der Waals surface area contributed by atoms with Crippen LogP contribution in [0, 0.1) is 5.92 Å². The Labute approximate surface area is 156 Å². The zero-order valence-electron chi connectivity index (χ0n) is 13.5. The first-order valence-corrected chi connectivity index (χ1v) is 8.09. The molecular formula is C17H13ClF3N3O3. The van der Waals surface area contributed by atoms with Gasteiger partial charge in [-0.15, -0.1) is 0 Å². The summed E-state index contributed by atoms with van der Waals surface area (Å²) in [5.74, 6) is -3.15. The maximum atomic E-state index is 13.7. The zero-order chi connectivity index (χ0) is 19.8. The van der Waals surface area contributed by atoms with E-state index in [1.165, 1.54) is 47.9 Å². The fraction of sp³-hybridized carbons (Fsp3) is 0.235. The highest BCUT2D eigenvalue weighted by Gasteiger charge is 2.66. The first-order chi connectivity index (χ1) is 12.6. The molecule has 10 heteroatoms. The van der Waals surface area contributed by atoms with Crippen molar-refractivity contribution in [3.05, 3.63) is 64.9 Å². The average Bonchev–Trinajstić information content (AvgIpc) is 2.60. The highest BCUT2D eigenvalue weighted by Crippen LogP contribution is 2.44. The van der Waals surface area contributed by atoms with Crippen molar-refractivity contribution in [1.29, 1.82) is 0 Å². The molecule has 3 N–H and O–H groups in total. The average molecular weight is 400 g/mol. The molecule has 0 aliphatic carbocycles. The van der Waals surface area contributed by atoms with Gasteiger partial charge in [0.2, 0.25) is 5.72 Å². The van der Waals surface area contributed by atoms with E-state index >= 15 is 0 Å². The lowest BCUT2D eigenvalue weighted by molar-refractivity contribution is -0.287. The number of ketones is 1. The van der Waals surface area contributed by atoms with E-state index in [2.05, 4.69) is 10.3 Å². The summed E-state index contributed by atoms with van der Waals surface area (Å²) in [6, 6.07) is 5.58. The molecule has 2 heterocycles. The molecule has 27 heavy (non-hydrogen) atoms. The maximum Gasteiger partial charge on any atom is 0.437 e. The second kappa shape index (κ2) is 6.82. The van der Waals surface area contributed by atoms with E-state index in [-0.39, 0.29) is 16.1 Å². The molecule has 0 saturated carbocycles. The minimum Gasteiger partial charge on any atom is -0.363 e. The molecule has 2 aromatic rings. The van der Waals surface area contributed by atoms with Crippen molar-refractivity contribution in [2.24, 2.45) is 5.92 Å². The van der Waals surface area contributed by atoms with Crippen molar-refractivity contribution in [2.45, 2.75) is 17.9 Å². The summed E-state index contributed by atoms with van der Waals surface area (Å²) in [7, 11) is 0. The van der Waals surface area contributed by atoms with Crippen LogP contribution in [0.1, 0.15) is 22.0 Å². The second-order valence-corrected chi connectivity index (χ2v) is 6.42. The topological polar surface area (TPSA) is 91.3 Å². The predicted octanol–water partition coefficient (Wildman–Crippen LogP) is 2.84. The normalized spacial score (nSPS) is 25.4. The minimum atomic E-state index is -5.32. The molecule has 0 unspecified atom stereocenters.